The Morgan fingerprint density at radius 3 is 2.30 bits per heavy atom. The Kier molecular flexibility index (Phi) is 7.33. The van der Waals surface area contributed by atoms with E-state index in [1.165, 1.54) is 0 Å². The second-order valence-corrected chi connectivity index (χ2v) is 9.54. The van der Waals surface area contributed by atoms with E-state index < -0.39 is 10.0 Å². The molecule has 2 aromatic carbocycles. The summed E-state index contributed by atoms with van der Waals surface area (Å²) < 4.78 is 31.7. The van der Waals surface area contributed by atoms with Gasteiger partial charge in [0.25, 0.3) is 5.91 Å². The van der Waals surface area contributed by atoms with Crippen LogP contribution < -0.4 is 14.8 Å². The molecule has 0 unspecified atom stereocenters. The molecule has 162 valence electrons. The number of piperidine rings is 1. The monoisotopic (exact) mass is 431 g/mol. The van der Waals surface area contributed by atoms with Gasteiger partial charge in [-0.25, -0.2) is 8.42 Å². The van der Waals surface area contributed by atoms with Crippen LogP contribution in [0.4, 0.5) is 5.69 Å². The van der Waals surface area contributed by atoms with Crippen molar-refractivity contribution in [1.29, 1.82) is 0 Å². The lowest BCUT2D eigenvalue weighted by molar-refractivity contribution is 0.0951. The normalized spacial score (nSPS) is 15.5. The minimum absolute atomic E-state index is 0.00291. The van der Waals surface area contributed by atoms with E-state index in [1.54, 1.807) is 31.2 Å². The van der Waals surface area contributed by atoms with Crippen molar-refractivity contribution in [2.75, 3.05) is 30.6 Å². The van der Waals surface area contributed by atoms with E-state index in [4.69, 9.17) is 4.74 Å². The van der Waals surface area contributed by atoms with Crippen molar-refractivity contribution in [2.45, 2.75) is 32.4 Å². The summed E-state index contributed by atoms with van der Waals surface area (Å²) in [7, 11) is -1.20. The van der Waals surface area contributed by atoms with Crippen LogP contribution in [0.15, 0.2) is 48.5 Å². The molecule has 0 radical (unpaired) electrons. The number of benzene rings is 2. The van der Waals surface area contributed by atoms with Gasteiger partial charge in [-0.3, -0.25) is 9.52 Å². The van der Waals surface area contributed by atoms with Crippen molar-refractivity contribution in [2.24, 2.45) is 0 Å². The van der Waals surface area contributed by atoms with Crippen LogP contribution in [0.1, 0.15) is 35.7 Å². The number of nitrogens with zero attached hydrogens (tertiary/aromatic N) is 1. The van der Waals surface area contributed by atoms with E-state index in [-0.39, 0.29) is 17.8 Å². The van der Waals surface area contributed by atoms with Crippen molar-refractivity contribution >= 4 is 21.6 Å². The van der Waals surface area contributed by atoms with Gasteiger partial charge in [0.15, 0.2) is 0 Å². The van der Waals surface area contributed by atoms with Gasteiger partial charge in [-0.2, -0.15) is 0 Å². The van der Waals surface area contributed by atoms with Gasteiger partial charge < -0.3 is 15.0 Å². The van der Waals surface area contributed by atoms with Gasteiger partial charge in [-0.1, -0.05) is 12.1 Å². The lowest BCUT2D eigenvalue weighted by Gasteiger charge is -2.29. The van der Waals surface area contributed by atoms with Crippen LogP contribution in [-0.2, 0) is 16.6 Å². The molecule has 0 spiro atoms. The first-order valence-electron chi connectivity index (χ1n) is 10.2. The molecule has 8 heteroatoms. The summed E-state index contributed by atoms with van der Waals surface area (Å²) in [5.41, 5.74) is 1.89. The van der Waals surface area contributed by atoms with Crippen molar-refractivity contribution in [3.63, 3.8) is 0 Å². The smallest absolute Gasteiger partial charge is 0.251 e. The molecule has 1 aliphatic heterocycles. The Morgan fingerprint density at radius 1 is 1.07 bits per heavy atom. The largest absolute Gasteiger partial charge is 0.490 e. The van der Waals surface area contributed by atoms with E-state index >= 15 is 0 Å². The molecule has 0 bridgehead atoms. The number of carbonyl (C=O) groups is 1. The molecule has 3 rings (SSSR count). The molecular formula is C22H29N3O4S. The number of nitrogens with one attached hydrogen (secondary N) is 2. The predicted molar refractivity (Wildman–Crippen MR) is 118 cm³/mol. The van der Waals surface area contributed by atoms with Crippen molar-refractivity contribution in [3.05, 3.63) is 59.7 Å². The molecule has 2 aromatic rings. The number of anilines is 1. The minimum Gasteiger partial charge on any atom is -0.490 e. The Labute approximate surface area is 178 Å². The summed E-state index contributed by atoms with van der Waals surface area (Å²) in [5.74, 6) is 0.633. The van der Waals surface area contributed by atoms with E-state index in [0.29, 0.717) is 17.8 Å². The Hall–Kier alpha value is -2.58. The number of amides is 1. The Morgan fingerprint density at radius 2 is 1.70 bits per heavy atom. The molecule has 0 aliphatic carbocycles. The van der Waals surface area contributed by atoms with Gasteiger partial charge >= 0.3 is 0 Å². The summed E-state index contributed by atoms with van der Waals surface area (Å²) >= 11 is 0. The molecule has 1 amide bonds. The fraction of sp³-hybridized carbons (Fsp3) is 0.409. The summed E-state index contributed by atoms with van der Waals surface area (Å²) in [6.07, 6.45) is 2.33. The van der Waals surface area contributed by atoms with E-state index in [2.05, 4.69) is 22.0 Å². The van der Waals surface area contributed by atoms with Crippen LogP contribution in [0.2, 0.25) is 0 Å². The highest BCUT2D eigenvalue weighted by Crippen LogP contribution is 2.19. The summed E-state index contributed by atoms with van der Waals surface area (Å²) in [4.78, 5) is 14.7. The number of rotatable bonds is 8. The van der Waals surface area contributed by atoms with Gasteiger partial charge in [-0.05, 0) is 68.8 Å². The molecule has 7 nitrogen and oxygen atoms in total. The summed E-state index contributed by atoms with van der Waals surface area (Å²) in [6, 6.07) is 14.1. The molecule has 1 heterocycles. The zero-order chi connectivity index (χ0) is 21.6. The third-order valence-corrected chi connectivity index (χ3v) is 6.45. The van der Waals surface area contributed by atoms with Crippen molar-refractivity contribution in [1.82, 2.24) is 10.2 Å². The third kappa shape index (κ3) is 6.47. The fourth-order valence-corrected chi connectivity index (χ4v) is 3.85. The average Bonchev–Trinajstić information content (AvgIpc) is 2.75. The Balaban J connectivity index is 1.48. The maximum Gasteiger partial charge on any atom is 0.251 e. The second kappa shape index (κ2) is 9.95. The average molecular weight is 432 g/mol. The van der Waals surface area contributed by atoms with Crippen molar-refractivity contribution < 1.29 is 17.9 Å². The van der Waals surface area contributed by atoms with Gasteiger partial charge in [0.05, 0.1) is 5.75 Å². The van der Waals surface area contributed by atoms with Crippen LogP contribution in [0.5, 0.6) is 5.75 Å². The van der Waals surface area contributed by atoms with Crippen LogP contribution in [0, 0.1) is 0 Å². The number of carbonyl (C=O) groups excluding carboxylic acids is 1. The van der Waals surface area contributed by atoms with E-state index in [9.17, 15) is 13.2 Å². The standard InChI is InChI=1S/C22H29N3O4S/c1-3-30(27,28)24-19-8-6-18(7-9-19)22(26)23-16-17-4-10-20(11-5-17)29-21-12-14-25(2)15-13-21/h4-11,21,24H,3,12-16H2,1-2H3,(H,23,26). The highest BCUT2D eigenvalue weighted by atomic mass is 32.2. The van der Waals surface area contributed by atoms with Crippen LogP contribution in [0.25, 0.3) is 0 Å². The first-order valence-corrected chi connectivity index (χ1v) is 11.8. The first-order chi connectivity index (χ1) is 14.3. The van der Waals surface area contributed by atoms with Gasteiger partial charge in [-0.15, -0.1) is 0 Å². The first kappa shape index (κ1) is 22.1. The van der Waals surface area contributed by atoms with E-state index in [1.807, 2.05) is 24.3 Å². The molecule has 1 aliphatic rings. The topological polar surface area (TPSA) is 87.7 Å². The van der Waals surface area contributed by atoms with Crippen LogP contribution >= 0.6 is 0 Å². The minimum atomic E-state index is -3.33. The molecule has 30 heavy (non-hydrogen) atoms. The zero-order valence-corrected chi connectivity index (χ0v) is 18.2. The Bertz CT molecular complexity index is 935. The number of sulfonamides is 1. The molecule has 1 saturated heterocycles. The van der Waals surface area contributed by atoms with Crippen molar-refractivity contribution in [3.8, 4) is 5.75 Å². The number of hydrogen-bond acceptors (Lipinski definition) is 5. The molecule has 1 fully saturated rings. The number of likely N-dealkylation sites (tertiary alicyclic amines) is 1. The summed E-state index contributed by atoms with van der Waals surface area (Å²) in [6.45, 7) is 4.08. The zero-order valence-electron chi connectivity index (χ0n) is 17.4. The molecule has 2 N–H and O–H groups in total. The highest BCUT2D eigenvalue weighted by Gasteiger charge is 2.17. The SMILES string of the molecule is CCS(=O)(=O)Nc1ccc(C(=O)NCc2ccc(OC3CCN(C)CC3)cc2)cc1. The highest BCUT2D eigenvalue weighted by molar-refractivity contribution is 7.92. The molecular weight excluding hydrogens is 402 g/mol. The number of hydrogen-bond donors (Lipinski definition) is 2. The quantitative estimate of drug-likeness (QED) is 0.671. The predicted octanol–water partition coefficient (Wildman–Crippen LogP) is 2.85. The maximum absolute atomic E-state index is 12.3. The summed E-state index contributed by atoms with van der Waals surface area (Å²) in [5, 5.41) is 2.88. The lowest BCUT2D eigenvalue weighted by atomic mass is 10.1. The maximum atomic E-state index is 12.3. The number of ether oxygens (including phenoxy) is 1. The van der Waals surface area contributed by atoms with Gasteiger partial charge in [0.1, 0.15) is 11.9 Å². The van der Waals surface area contributed by atoms with Gasteiger partial charge in [0, 0.05) is 30.9 Å². The second-order valence-electron chi connectivity index (χ2n) is 7.53. The van der Waals surface area contributed by atoms with E-state index in [0.717, 1.165) is 37.2 Å². The fourth-order valence-electron chi connectivity index (χ4n) is 3.21. The van der Waals surface area contributed by atoms with Crippen LogP contribution in [-0.4, -0.2) is 51.2 Å². The lowest BCUT2D eigenvalue weighted by Crippen LogP contribution is -2.35. The molecule has 0 saturated carbocycles. The molecule has 0 atom stereocenters. The van der Waals surface area contributed by atoms with Gasteiger partial charge in [0.2, 0.25) is 10.0 Å². The van der Waals surface area contributed by atoms with Crippen LogP contribution in [0.3, 0.4) is 0 Å². The molecule has 0 aromatic heterocycles. The third-order valence-electron chi connectivity index (χ3n) is 5.15.